The van der Waals surface area contributed by atoms with Crippen LogP contribution in [0.4, 0.5) is 0 Å². The van der Waals surface area contributed by atoms with Crippen LogP contribution in [-0.2, 0) is 4.74 Å². The summed E-state index contributed by atoms with van der Waals surface area (Å²) >= 11 is 0. The monoisotopic (exact) mass is 247 g/mol. The Labute approximate surface area is 111 Å². The molecule has 0 aliphatic heterocycles. The van der Waals surface area contributed by atoms with Gasteiger partial charge in [-0.25, -0.2) is 0 Å². The van der Waals surface area contributed by atoms with E-state index in [4.69, 9.17) is 4.74 Å². The number of hydrogen-bond donors (Lipinski definition) is 1. The molecule has 18 heavy (non-hydrogen) atoms. The van der Waals surface area contributed by atoms with Crippen LogP contribution < -0.4 is 5.32 Å². The minimum absolute atomic E-state index is 0.520. The summed E-state index contributed by atoms with van der Waals surface area (Å²) in [5.41, 5.74) is 1.49. The van der Waals surface area contributed by atoms with Gasteiger partial charge in [-0.2, -0.15) is 0 Å². The van der Waals surface area contributed by atoms with Crippen LogP contribution in [0.15, 0.2) is 30.3 Å². The van der Waals surface area contributed by atoms with Gasteiger partial charge in [0.25, 0.3) is 0 Å². The summed E-state index contributed by atoms with van der Waals surface area (Å²) in [5, 5.41) is 3.58. The molecule has 3 atom stereocenters. The van der Waals surface area contributed by atoms with Gasteiger partial charge in [-0.15, -0.1) is 0 Å². The first kappa shape index (κ1) is 13.6. The van der Waals surface area contributed by atoms with Gasteiger partial charge in [0.05, 0.1) is 6.61 Å². The lowest BCUT2D eigenvalue weighted by molar-refractivity contribution is 0.105. The second-order valence-corrected chi connectivity index (χ2v) is 5.16. The third-order valence-electron chi connectivity index (χ3n) is 3.70. The lowest BCUT2D eigenvalue weighted by Crippen LogP contribution is -2.35. The minimum atomic E-state index is 0.520. The van der Waals surface area contributed by atoms with Gasteiger partial charge in [0.1, 0.15) is 0 Å². The molecule has 1 aromatic rings. The van der Waals surface area contributed by atoms with E-state index in [0.29, 0.717) is 6.04 Å². The summed E-state index contributed by atoms with van der Waals surface area (Å²) in [6.07, 6.45) is 2.41. The van der Waals surface area contributed by atoms with E-state index in [2.05, 4.69) is 49.5 Å². The molecule has 1 fully saturated rings. The second kappa shape index (κ2) is 6.91. The first-order valence-electron chi connectivity index (χ1n) is 7.22. The Hall–Kier alpha value is -0.860. The van der Waals surface area contributed by atoms with Crippen LogP contribution in [0.1, 0.15) is 38.2 Å². The van der Waals surface area contributed by atoms with Gasteiger partial charge in [-0.05, 0) is 36.8 Å². The molecule has 1 aromatic carbocycles. The van der Waals surface area contributed by atoms with Crippen molar-refractivity contribution in [2.45, 2.75) is 38.6 Å². The van der Waals surface area contributed by atoms with Gasteiger partial charge in [0, 0.05) is 12.6 Å². The van der Waals surface area contributed by atoms with E-state index in [1.165, 1.54) is 12.0 Å². The zero-order chi connectivity index (χ0) is 12.8. The molecule has 2 nitrogen and oxygen atoms in total. The Balaban J connectivity index is 1.85. The highest BCUT2D eigenvalue weighted by atomic mass is 16.5. The number of ether oxygens (including phenoxy) is 1. The van der Waals surface area contributed by atoms with Gasteiger partial charge < -0.3 is 10.1 Å². The SMILES string of the molecule is CCCOCC(NCC)C1CC1c1ccccc1. The smallest absolute Gasteiger partial charge is 0.0622 e. The Kier molecular flexibility index (Phi) is 5.21. The van der Waals surface area contributed by atoms with E-state index < -0.39 is 0 Å². The Bertz CT molecular complexity index is 338. The molecule has 0 amide bonds. The Morgan fingerprint density at radius 3 is 2.72 bits per heavy atom. The van der Waals surface area contributed by atoms with Crippen molar-refractivity contribution < 1.29 is 4.74 Å². The van der Waals surface area contributed by atoms with E-state index >= 15 is 0 Å². The van der Waals surface area contributed by atoms with Crippen LogP contribution in [0.25, 0.3) is 0 Å². The zero-order valence-corrected chi connectivity index (χ0v) is 11.6. The third-order valence-corrected chi connectivity index (χ3v) is 3.70. The maximum Gasteiger partial charge on any atom is 0.0622 e. The molecule has 0 radical (unpaired) electrons. The van der Waals surface area contributed by atoms with Crippen molar-refractivity contribution in [1.82, 2.24) is 5.32 Å². The molecule has 2 heteroatoms. The quantitative estimate of drug-likeness (QED) is 0.712. The van der Waals surface area contributed by atoms with Crippen molar-refractivity contribution in [1.29, 1.82) is 0 Å². The molecule has 0 heterocycles. The lowest BCUT2D eigenvalue weighted by atomic mass is 10.1. The predicted molar refractivity (Wildman–Crippen MR) is 75.9 cm³/mol. The fourth-order valence-corrected chi connectivity index (χ4v) is 2.69. The first-order chi connectivity index (χ1) is 8.86. The van der Waals surface area contributed by atoms with Crippen LogP contribution in [0.3, 0.4) is 0 Å². The fourth-order valence-electron chi connectivity index (χ4n) is 2.69. The van der Waals surface area contributed by atoms with Crippen molar-refractivity contribution in [2.75, 3.05) is 19.8 Å². The predicted octanol–water partition coefficient (Wildman–Crippen LogP) is 3.19. The average molecular weight is 247 g/mol. The highest BCUT2D eigenvalue weighted by Crippen LogP contribution is 2.49. The molecule has 2 rings (SSSR count). The highest BCUT2D eigenvalue weighted by Gasteiger charge is 2.43. The molecule has 1 N–H and O–H groups in total. The number of likely N-dealkylation sites (N-methyl/N-ethyl adjacent to an activating group) is 1. The second-order valence-electron chi connectivity index (χ2n) is 5.16. The van der Waals surface area contributed by atoms with Crippen molar-refractivity contribution >= 4 is 0 Å². The number of nitrogens with one attached hydrogen (secondary N) is 1. The van der Waals surface area contributed by atoms with Gasteiger partial charge in [-0.1, -0.05) is 44.2 Å². The van der Waals surface area contributed by atoms with E-state index in [0.717, 1.165) is 38.0 Å². The molecule has 0 spiro atoms. The maximum atomic E-state index is 5.72. The van der Waals surface area contributed by atoms with E-state index in [9.17, 15) is 0 Å². The Morgan fingerprint density at radius 2 is 2.06 bits per heavy atom. The fraction of sp³-hybridized carbons (Fsp3) is 0.625. The molecular formula is C16H25NO. The lowest BCUT2D eigenvalue weighted by Gasteiger charge is -2.18. The number of hydrogen-bond acceptors (Lipinski definition) is 2. The van der Waals surface area contributed by atoms with Crippen LogP contribution in [0, 0.1) is 5.92 Å². The Morgan fingerprint density at radius 1 is 1.28 bits per heavy atom. The van der Waals surface area contributed by atoms with Crippen LogP contribution in [0.5, 0.6) is 0 Å². The summed E-state index contributed by atoms with van der Waals surface area (Å²) in [6.45, 7) is 7.09. The van der Waals surface area contributed by atoms with Crippen LogP contribution in [0.2, 0.25) is 0 Å². The van der Waals surface area contributed by atoms with Gasteiger partial charge in [-0.3, -0.25) is 0 Å². The standard InChI is InChI=1S/C16H25NO/c1-3-10-18-12-16(17-4-2)15-11-14(15)13-8-6-5-7-9-13/h5-9,14-17H,3-4,10-12H2,1-2H3. The molecule has 0 aromatic heterocycles. The molecule has 1 aliphatic rings. The van der Waals surface area contributed by atoms with Crippen molar-refractivity contribution in [3.63, 3.8) is 0 Å². The molecule has 1 saturated carbocycles. The van der Waals surface area contributed by atoms with Crippen molar-refractivity contribution in [3.05, 3.63) is 35.9 Å². The molecule has 100 valence electrons. The maximum absolute atomic E-state index is 5.72. The number of benzene rings is 1. The average Bonchev–Trinajstić information content (AvgIpc) is 3.19. The molecular weight excluding hydrogens is 222 g/mol. The van der Waals surface area contributed by atoms with Gasteiger partial charge in [0.2, 0.25) is 0 Å². The third kappa shape index (κ3) is 3.56. The van der Waals surface area contributed by atoms with Crippen LogP contribution >= 0.6 is 0 Å². The molecule has 1 aliphatic carbocycles. The summed E-state index contributed by atoms with van der Waals surface area (Å²) in [4.78, 5) is 0. The highest BCUT2D eigenvalue weighted by molar-refractivity contribution is 5.26. The summed E-state index contributed by atoms with van der Waals surface area (Å²) in [6, 6.07) is 11.4. The van der Waals surface area contributed by atoms with Gasteiger partial charge >= 0.3 is 0 Å². The minimum Gasteiger partial charge on any atom is -0.380 e. The van der Waals surface area contributed by atoms with Gasteiger partial charge in [0.15, 0.2) is 0 Å². The topological polar surface area (TPSA) is 21.3 Å². The summed E-state index contributed by atoms with van der Waals surface area (Å²) < 4.78 is 5.72. The number of rotatable bonds is 8. The van der Waals surface area contributed by atoms with Crippen molar-refractivity contribution in [2.24, 2.45) is 5.92 Å². The molecule has 3 unspecified atom stereocenters. The van der Waals surface area contributed by atoms with E-state index in [1.54, 1.807) is 0 Å². The molecule has 0 bridgehead atoms. The zero-order valence-electron chi connectivity index (χ0n) is 11.6. The van der Waals surface area contributed by atoms with E-state index in [1.807, 2.05) is 0 Å². The summed E-state index contributed by atoms with van der Waals surface area (Å²) in [7, 11) is 0. The first-order valence-corrected chi connectivity index (χ1v) is 7.22. The van der Waals surface area contributed by atoms with E-state index in [-0.39, 0.29) is 0 Å². The molecule has 0 saturated heterocycles. The van der Waals surface area contributed by atoms with Crippen LogP contribution in [-0.4, -0.2) is 25.8 Å². The van der Waals surface area contributed by atoms with Crippen molar-refractivity contribution in [3.8, 4) is 0 Å². The summed E-state index contributed by atoms with van der Waals surface area (Å²) in [5.74, 6) is 1.49. The normalized spacial score (nSPS) is 23.9. The largest absolute Gasteiger partial charge is 0.380 e.